The van der Waals surface area contributed by atoms with E-state index in [0.717, 1.165) is 11.1 Å². The largest absolute Gasteiger partial charge is 0.345 e. The van der Waals surface area contributed by atoms with Crippen LogP contribution < -0.4 is 5.32 Å². The van der Waals surface area contributed by atoms with Crippen LogP contribution >= 0.6 is 11.6 Å². The molecule has 1 unspecified atom stereocenters. The zero-order valence-electron chi connectivity index (χ0n) is 13.2. The highest BCUT2D eigenvalue weighted by atomic mass is 35.5. The van der Waals surface area contributed by atoms with Gasteiger partial charge in [-0.2, -0.15) is 0 Å². The maximum atomic E-state index is 12.3. The number of carbonyl (C=O) groups excluding carboxylic acids is 1. The number of amides is 1. The van der Waals surface area contributed by atoms with Gasteiger partial charge in [0.05, 0.1) is 11.6 Å². The number of aromatic nitrogens is 1. The lowest BCUT2D eigenvalue weighted by atomic mass is 10.0. The molecule has 3 aromatic rings. The minimum Gasteiger partial charge on any atom is -0.345 e. The molecule has 0 spiro atoms. The van der Waals surface area contributed by atoms with E-state index in [9.17, 15) is 4.79 Å². The molecule has 1 atom stereocenters. The molecule has 4 heteroatoms. The first-order chi connectivity index (χ1) is 11.6. The maximum Gasteiger partial charge on any atom is 0.254 e. The van der Waals surface area contributed by atoms with Gasteiger partial charge in [0.1, 0.15) is 5.15 Å². The lowest BCUT2D eigenvalue weighted by molar-refractivity contribution is 0.0939. The number of rotatable bonds is 4. The summed E-state index contributed by atoms with van der Waals surface area (Å²) in [6, 6.07) is 21.6. The van der Waals surface area contributed by atoms with E-state index in [0.29, 0.717) is 5.56 Å². The van der Waals surface area contributed by atoms with Crippen LogP contribution in [0.25, 0.3) is 11.1 Å². The third-order valence-electron chi connectivity index (χ3n) is 3.87. The zero-order valence-corrected chi connectivity index (χ0v) is 14.0. The fourth-order valence-corrected chi connectivity index (χ4v) is 2.71. The van der Waals surface area contributed by atoms with Crippen LogP contribution in [0, 0.1) is 0 Å². The van der Waals surface area contributed by atoms with Crippen LogP contribution in [0.1, 0.15) is 28.9 Å². The van der Waals surface area contributed by atoms with E-state index in [1.807, 2.05) is 37.3 Å². The molecular formula is C20H17ClN2O. The molecule has 1 N–H and O–H groups in total. The van der Waals surface area contributed by atoms with Gasteiger partial charge in [0.2, 0.25) is 0 Å². The number of nitrogens with zero attached hydrogens (tertiary/aromatic N) is 1. The average Bonchev–Trinajstić information content (AvgIpc) is 2.63. The second-order valence-corrected chi connectivity index (χ2v) is 5.88. The van der Waals surface area contributed by atoms with E-state index in [1.54, 1.807) is 18.3 Å². The molecule has 0 aliphatic carbocycles. The van der Waals surface area contributed by atoms with Crippen molar-refractivity contribution in [2.24, 2.45) is 0 Å². The van der Waals surface area contributed by atoms with E-state index in [-0.39, 0.29) is 17.1 Å². The van der Waals surface area contributed by atoms with Gasteiger partial charge < -0.3 is 5.32 Å². The molecular weight excluding hydrogens is 320 g/mol. The van der Waals surface area contributed by atoms with Crippen LogP contribution in [-0.4, -0.2) is 10.9 Å². The van der Waals surface area contributed by atoms with Gasteiger partial charge in [-0.3, -0.25) is 4.79 Å². The molecule has 0 fully saturated rings. The van der Waals surface area contributed by atoms with Crippen molar-refractivity contribution in [2.45, 2.75) is 13.0 Å². The van der Waals surface area contributed by atoms with Gasteiger partial charge in [0, 0.05) is 6.20 Å². The third-order valence-corrected chi connectivity index (χ3v) is 4.17. The predicted molar refractivity (Wildman–Crippen MR) is 97.0 cm³/mol. The number of hydrogen-bond acceptors (Lipinski definition) is 2. The minimum absolute atomic E-state index is 0.126. The third kappa shape index (κ3) is 3.63. The molecule has 0 radical (unpaired) electrons. The number of pyridine rings is 1. The Labute approximate surface area is 146 Å². The Morgan fingerprint density at radius 3 is 2.29 bits per heavy atom. The van der Waals surface area contributed by atoms with Crippen LogP contribution in [0.5, 0.6) is 0 Å². The van der Waals surface area contributed by atoms with Crippen LogP contribution in [0.2, 0.25) is 5.15 Å². The summed E-state index contributed by atoms with van der Waals surface area (Å²) < 4.78 is 0. The summed E-state index contributed by atoms with van der Waals surface area (Å²) in [5.74, 6) is -0.229. The van der Waals surface area contributed by atoms with Crippen molar-refractivity contribution in [2.75, 3.05) is 0 Å². The first kappa shape index (κ1) is 16.2. The Morgan fingerprint density at radius 1 is 0.958 bits per heavy atom. The zero-order chi connectivity index (χ0) is 16.9. The summed E-state index contributed by atoms with van der Waals surface area (Å²) in [7, 11) is 0. The Balaban J connectivity index is 1.73. The SMILES string of the molecule is CC(NC(=O)c1cccnc1Cl)c1ccc(-c2ccccc2)cc1. The van der Waals surface area contributed by atoms with Crippen molar-refractivity contribution in [3.05, 3.63) is 89.2 Å². The van der Waals surface area contributed by atoms with Gasteiger partial charge in [0.15, 0.2) is 0 Å². The molecule has 3 rings (SSSR count). The van der Waals surface area contributed by atoms with Crippen molar-refractivity contribution in [1.82, 2.24) is 10.3 Å². The van der Waals surface area contributed by atoms with E-state index in [1.165, 1.54) is 5.56 Å². The quantitative estimate of drug-likeness (QED) is 0.689. The van der Waals surface area contributed by atoms with Crippen molar-refractivity contribution < 1.29 is 4.79 Å². The van der Waals surface area contributed by atoms with E-state index in [4.69, 9.17) is 11.6 Å². The molecule has 0 bridgehead atoms. The average molecular weight is 337 g/mol. The molecule has 0 aliphatic heterocycles. The lowest BCUT2D eigenvalue weighted by Crippen LogP contribution is -2.27. The van der Waals surface area contributed by atoms with Crippen LogP contribution in [-0.2, 0) is 0 Å². The predicted octanol–water partition coefficient (Wildman–Crippen LogP) is 4.89. The number of benzene rings is 2. The highest BCUT2D eigenvalue weighted by Gasteiger charge is 2.14. The number of hydrogen-bond donors (Lipinski definition) is 1. The summed E-state index contributed by atoms with van der Waals surface area (Å²) in [4.78, 5) is 16.2. The number of nitrogens with one attached hydrogen (secondary N) is 1. The van der Waals surface area contributed by atoms with Crippen LogP contribution in [0.3, 0.4) is 0 Å². The van der Waals surface area contributed by atoms with Gasteiger partial charge in [-0.1, -0.05) is 66.2 Å². The van der Waals surface area contributed by atoms with Crippen LogP contribution in [0.4, 0.5) is 0 Å². The fourth-order valence-electron chi connectivity index (χ4n) is 2.51. The van der Waals surface area contributed by atoms with Gasteiger partial charge >= 0.3 is 0 Å². The van der Waals surface area contributed by atoms with Crippen molar-refractivity contribution >= 4 is 17.5 Å². The normalized spacial score (nSPS) is 11.8. The van der Waals surface area contributed by atoms with Crippen molar-refractivity contribution in [3.8, 4) is 11.1 Å². The first-order valence-corrected chi connectivity index (χ1v) is 8.09. The Morgan fingerprint density at radius 2 is 1.62 bits per heavy atom. The van der Waals surface area contributed by atoms with E-state index < -0.39 is 0 Å². The summed E-state index contributed by atoms with van der Waals surface area (Å²) in [6.45, 7) is 1.94. The molecule has 1 amide bonds. The number of halogens is 1. The summed E-state index contributed by atoms with van der Waals surface area (Å²) >= 11 is 5.97. The van der Waals surface area contributed by atoms with Crippen molar-refractivity contribution in [3.63, 3.8) is 0 Å². The Bertz CT molecular complexity index is 832. The van der Waals surface area contributed by atoms with E-state index >= 15 is 0 Å². The second-order valence-electron chi connectivity index (χ2n) is 5.52. The highest BCUT2D eigenvalue weighted by molar-refractivity contribution is 6.32. The molecule has 3 nitrogen and oxygen atoms in total. The van der Waals surface area contributed by atoms with Crippen LogP contribution in [0.15, 0.2) is 72.9 Å². The fraction of sp³-hybridized carbons (Fsp3) is 0.100. The summed E-state index contributed by atoms with van der Waals surface area (Å²) in [5.41, 5.74) is 3.73. The van der Waals surface area contributed by atoms with Crippen molar-refractivity contribution in [1.29, 1.82) is 0 Å². The standard InChI is InChI=1S/C20H17ClN2O/c1-14(23-20(24)18-8-5-13-22-19(18)21)15-9-11-17(12-10-15)16-6-3-2-4-7-16/h2-14H,1H3,(H,23,24). The monoisotopic (exact) mass is 336 g/mol. The topological polar surface area (TPSA) is 42.0 Å². The maximum absolute atomic E-state index is 12.3. The number of carbonyl (C=O) groups is 1. The molecule has 0 aliphatic rings. The van der Waals surface area contributed by atoms with Gasteiger partial charge in [-0.25, -0.2) is 4.98 Å². The van der Waals surface area contributed by atoms with E-state index in [2.05, 4.69) is 34.6 Å². The van der Waals surface area contributed by atoms with Gasteiger partial charge in [-0.15, -0.1) is 0 Å². The van der Waals surface area contributed by atoms with Gasteiger partial charge in [-0.05, 0) is 35.7 Å². The second kappa shape index (κ2) is 7.28. The molecule has 24 heavy (non-hydrogen) atoms. The molecule has 120 valence electrons. The lowest BCUT2D eigenvalue weighted by Gasteiger charge is -2.15. The molecule has 2 aromatic carbocycles. The minimum atomic E-state index is -0.229. The molecule has 1 aromatic heterocycles. The summed E-state index contributed by atoms with van der Waals surface area (Å²) in [6.07, 6.45) is 1.56. The molecule has 0 saturated carbocycles. The highest BCUT2D eigenvalue weighted by Crippen LogP contribution is 2.22. The molecule has 1 heterocycles. The Kier molecular flexibility index (Phi) is 4.92. The smallest absolute Gasteiger partial charge is 0.254 e. The Hall–Kier alpha value is -2.65. The molecule has 0 saturated heterocycles. The first-order valence-electron chi connectivity index (χ1n) is 7.72. The van der Waals surface area contributed by atoms with Gasteiger partial charge in [0.25, 0.3) is 5.91 Å². The summed E-state index contributed by atoms with van der Waals surface area (Å²) in [5, 5.41) is 3.16.